The summed E-state index contributed by atoms with van der Waals surface area (Å²) in [6, 6.07) is 20.2. The van der Waals surface area contributed by atoms with Gasteiger partial charge in [-0.25, -0.2) is 4.79 Å². The molecule has 0 bridgehead atoms. The first-order valence-corrected chi connectivity index (χ1v) is 14.4. The number of carbonyl (C=O) groups is 1. The number of hydrogen-bond donors (Lipinski definition) is 0. The van der Waals surface area contributed by atoms with Gasteiger partial charge in [-0.1, -0.05) is 98.0 Å². The molecule has 2 unspecified atom stereocenters. The number of nitrogens with zero attached hydrogens (tertiary/aromatic N) is 1. The van der Waals surface area contributed by atoms with Crippen LogP contribution in [0.4, 0.5) is 0 Å². The number of methoxy groups -OCH3 is 1. The van der Waals surface area contributed by atoms with Gasteiger partial charge in [0.2, 0.25) is 0 Å². The SMILES string of the molecule is C=CC(C)C(=C(C)C)c1cnc(/C(=C\CC(C(=C)/C=C\C=C/C)c2ccccc2)c2ccc(C(=O)OC)cc2)c(C)c1. The van der Waals surface area contributed by atoms with Crippen molar-refractivity contribution in [3.8, 4) is 0 Å². The number of pyridine rings is 1. The number of aromatic nitrogens is 1. The Balaban J connectivity index is 2.15. The lowest BCUT2D eigenvalue weighted by atomic mass is 9.86. The van der Waals surface area contributed by atoms with Gasteiger partial charge < -0.3 is 4.74 Å². The van der Waals surface area contributed by atoms with Crippen molar-refractivity contribution in [2.45, 2.75) is 47.0 Å². The molecule has 0 spiro atoms. The Morgan fingerprint density at radius 2 is 1.67 bits per heavy atom. The predicted octanol–water partition coefficient (Wildman–Crippen LogP) is 10.1. The van der Waals surface area contributed by atoms with Crippen LogP contribution in [-0.4, -0.2) is 18.1 Å². The van der Waals surface area contributed by atoms with E-state index in [0.29, 0.717) is 5.56 Å². The van der Waals surface area contributed by atoms with Crippen molar-refractivity contribution in [2.75, 3.05) is 7.11 Å². The average Bonchev–Trinajstić information content (AvgIpc) is 3.00. The summed E-state index contributed by atoms with van der Waals surface area (Å²) in [6.45, 7) is 19.0. The maximum Gasteiger partial charge on any atom is 0.337 e. The molecular formula is C39H43NO2. The van der Waals surface area contributed by atoms with Crippen LogP contribution in [0.15, 0.2) is 128 Å². The summed E-state index contributed by atoms with van der Waals surface area (Å²) in [5.41, 5.74) is 10.3. The number of rotatable bonds is 12. The zero-order chi connectivity index (χ0) is 30.6. The van der Waals surface area contributed by atoms with Crippen molar-refractivity contribution >= 4 is 17.1 Å². The molecule has 216 valence electrons. The van der Waals surface area contributed by atoms with Gasteiger partial charge >= 0.3 is 5.97 Å². The highest BCUT2D eigenvalue weighted by molar-refractivity contribution is 5.90. The van der Waals surface area contributed by atoms with Crippen molar-refractivity contribution in [1.82, 2.24) is 4.98 Å². The fraction of sp³-hybridized carbons (Fsp3) is 0.231. The Bertz CT molecular complexity index is 1510. The molecule has 2 aromatic carbocycles. The Kier molecular flexibility index (Phi) is 11.8. The molecule has 1 aromatic heterocycles. The van der Waals surface area contributed by atoms with Crippen molar-refractivity contribution in [2.24, 2.45) is 5.92 Å². The molecule has 3 aromatic rings. The van der Waals surface area contributed by atoms with Gasteiger partial charge in [0.25, 0.3) is 0 Å². The van der Waals surface area contributed by atoms with E-state index in [1.807, 2.05) is 55.6 Å². The molecule has 3 nitrogen and oxygen atoms in total. The van der Waals surface area contributed by atoms with Crippen molar-refractivity contribution in [3.63, 3.8) is 0 Å². The number of allylic oxidation sites excluding steroid dienone is 9. The largest absolute Gasteiger partial charge is 0.465 e. The number of carbonyl (C=O) groups excluding carboxylic acids is 1. The molecule has 2 atom stereocenters. The van der Waals surface area contributed by atoms with Crippen LogP contribution in [0.1, 0.15) is 78.3 Å². The first kappa shape index (κ1) is 32.0. The third-order valence-electron chi connectivity index (χ3n) is 7.43. The molecule has 0 aliphatic heterocycles. The highest BCUT2D eigenvalue weighted by atomic mass is 16.5. The third kappa shape index (κ3) is 8.04. The van der Waals surface area contributed by atoms with Gasteiger partial charge in [0, 0.05) is 17.7 Å². The van der Waals surface area contributed by atoms with Crippen molar-refractivity contribution in [1.29, 1.82) is 0 Å². The predicted molar refractivity (Wildman–Crippen MR) is 178 cm³/mol. The van der Waals surface area contributed by atoms with E-state index in [0.717, 1.165) is 40.0 Å². The summed E-state index contributed by atoms with van der Waals surface area (Å²) < 4.78 is 4.92. The minimum atomic E-state index is -0.357. The minimum Gasteiger partial charge on any atom is -0.465 e. The molecule has 0 fully saturated rings. The maximum absolute atomic E-state index is 12.1. The van der Waals surface area contributed by atoms with Crippen molar-refractivity contribution < 1.29 is 9.53 Å². The fourth-order valence-corrected chi connectivity index (χ4v) is 5.21. The van der Waals surface area contributed by atoms with E-state index in [1.165, 1.54) is 23.8 Å². The lowest BCUT2D eigenvalue weighted by Crippen LogP contribution is -2.04. The second kappa shape index (κ2) is 15.5. The molecule has 0 radical (unpaired) electrons. The van der Waals surface area contributed by atoms with E-state index in [2.05, 4.69) is 83.3 Å². The highest BCUT2D eigenvalue weighted by Gasteiger charge is 2.18. The number of aryl methyl sites for hydroxylation is 1. The van der Waals surface area contributed by atoms with Crippen LogP contribution in [0, 0.1) is 12.8 Å². The Morgan fingerprint density at radius 1 is 1.00 bits per heavy atom. The molecule has 42 heavy (non-hydrogen) atoms. The Hall–Kier alpha value is -4.50. The van der Waals surface area contributed by atoms with Crippen molar-refractivity contribution in [3.05, 3.63) is 161 Å². The molecule has 0 amide bonds. The van der Waals surface area contributed by atoms with Gasteiger partial charge in [-0.2, -0.15) is 0 Å². The van der Waals surface area contributed by atoms with Crippen LogP contribution in [0.5, 0.6) is 0 Å². The normalized spacial score (nSPS) is 13.1. The molecule has 0 aliphatic carbocycles. The molecule has 3 rings (SSSR count). The first-order chi connectivity index (χ1) is 20.2. The van der Waals surface area contributed by atoms with Gasteiger partial charge in [0.1, 0.15) is 0 Å². The van der Waals surface area contributed by atoms with Crippen LogP contribution in [0.3, 0.4) is 0 Å². The molecule has 3 heteroatoms. The molecular weight excluding hydrogens is 514 g/mol. The van der Waals surface area contributed by atoms with Gasteiger partial charge in [-0.15, -0.1) is 6.58 Å². The first-order valence-electron chi connectivity index (χ1n) is 14.4. The lowest BCUT2D eigenvalue weighted by Gasteiger charge is -2.19. The van der Waals surface area contributed by atoms with Gasteiger partial charge in [0.05, 0.1) is 18.4 Å². The van der Waals surface area contributed by atoms with E-state index >= 15 is 0 Å². The standard InChI is InChI=1S/C39H43NO2/c1-9-11-13-16-29(6)35(31-17-14-12-15-18-31)23-24-36(32-19-21-33(22-20-32)39(41)42-8)38-30(7)25-34(26-40-38)37(27(3)4)28(5)10-2/h9-22,24-26,28,35H,2,6,23H2,1,3-5,7-8H3/b11-9-,16-13-,36-24-. The van der Waals surface area contributed by atoms with E-state index in [-0.39, 0.29) is 17.8 Å². The zero-order valence-corrected chi connectivity index (χ0v) is 25.9. The Morgan fingerprint density at radius 3 is 2.24 bits per heavy atom. The fourth-order valence-electron chi connectivity index (χ4n) is 5.21. The van der Waals surface area contributed by atoms with Crippen LogP contribution in [0.25, 0.3) is 11.1 Å². The third-order valence-corrected chi connectivity index (χ3v) is 7.43. The van der Waals surface area contributed by atoms with Gasteiger partial charge in [0.15, 0.2) is 0 Å². The van der Waals surface area contributed by atoms with Gasteiger partial charge in [-0.3, -0.25) is 4.98 Å². The summed E-state index contributed by atoms with van der Waals surface area (Å²) in [7, 11) is 1.39. The summed E-state index contributed by atoms with van der Waals surface area (Å²) in [5.74, 6) is -0.0526. The van der Waals surface area contributed by atoms with E-state index in [4.69, 9.17) is 9.72 Å². The maximum atomic E-state index is 12.1. The van der Waals surface area contributed by atoms with E-state index < -0.39 is 0 Å². The molecule has 1 heterocycles. The number of benzene rings is 2. The quantitative estimate of drug-likeness (QED) is 0.126. The van der Waals surface area contributed by atoms with Crippen LogP contribution < -0.4 is 0 Å². The zero-order valence-electron chi connectivity index (χ0n) is 25.9. The summed E-state index contributed by atoms with van der Waals surface area (Å²) >= 11 is 0. The monoisotopic (exact) mass is 557 g/mol. The Labute approximate surface area is 252 Å². The smallest absolute Gasteiger partial charge is 0.337 e. The highest BCUT2D eigenvalue weighted by Crippen LogP contribution is 2.34. The van der Waals surface area contributed by atoms with Crippen LogP contribution in [0.2, 0.25) is 0 Å². The number of ether oxygens (including phenoxy) is 1. The average molecular weight is 558 g/mol. The van der Waals surface area contributed by atoms with E-state index in [9.17, 15) is 4.79 Å². The van der Waals surface area contributed by atoms with Crippen LogP contribution >= 0.6 is 0 Å². The molecule has 0 N–H and O–H groups in total. The molecule has 0 saturated heterocycles. The topological polar surface area (TPSA) is 39.2 Å². The number of esters is 1. The second-order valence-electron chi connectivity index (χ2n) is 10.7. The minimum absolute atomic E-state index is 0.0855. The summed E-state index contributed by atoms with van der Waals surface area (Å²) in [5, 5.41) is 0. The molecule has 0 saturated carbocycles. The summed E-state index contributed by atoms with van der Waals surface area (Å²) in [6.07, 6.45) is 15.1. The summed E-state index contributed by atoms with van der Waals surface area (Å²) in [4.78, 5) is 17.2. The molecule has 0 aliphatic rings. The van der Waals surface area contributed by atoms with E-state index in [1.54, 1.807) is 12.1 Å². The lowest BCUT2D eigenvalue weighted by molar-refractivity contribution is 0.0600. The second-order valence-corrected chi connectivity index (χ2v) is 10.7. The van der Waals surface area contributed by atoms with Gasteiger partial charge in [-0.05, 0) is 91.6 Å². The van der Waals surface area contributed by atoms with Crippen LogP contribution in [-0.2, 0) is 4.74 Å². The number of hydrogen-bond acceptors (Lipinski definition) is 3.